The molecule has 50 heavy (non-hydrogen) atoms. The summed E-state index contributed by atoms with van der Waals surface area (Å²) in [5, 5.41) is 0.0882. The Bertz CT molecular complexity index is 1730. The molecule has 0 radical (unpaired) electrons. The summed E-state index contributed by atoms with van der Waals surface area (Å²) in [6.07, 6.45) is 8.34. The maximum atomic E-state index is 13.6. The molecule has 6 atom stereocenters. The van der Waals surface area contributed by atoms with Gasteiger partial charge in [-0.15, -0.1) is 0 Å². The summed E-state index contributed by atoms with van der Waals surface area (Å²) in [6.45, 7) is 14.0. The highest BCUT2D eigenvalue weighted by atomic mass is 35.5. The van der Waals surface area contributed by atoms with Crippen LogP contribution in [0.25, 0.3) is 0 Å². The van der Waals surface area contributed by atoms with Crippen molar-refractivity contribution in [3.63, 3.8) is 0 Å². The molecule has 1 spiro atoms. The lowest BCUT2D eigenvalue weighted by Crippen LogP contribution is -2.67. The van der Waals surface area contributed by atoms with Gasteiger partial charge in [-0.1, -0.05) is 37.9 Å². The summed E-state index contributed by atoms with van der Waals surface area (Å²) < 4.78 is 36.2. The van der Waals surface area contributed by atoms with Crippen LogP contribution in [0.4, 0.5) is 5.69 Å². The molecule has 3 heterocycles. The average molecular weight is 725 g/mol. The fourth-order valence-electron chi connectivity index (χ4n) is 10.1. The number of halogens is 1. The van der Waals surface area contributed by atoms with Crippen molar-refractivity contribution >= 4 is 33.2 Å². The van der Waals surface area contributed by atoms with E-state index in [2.05, 4.69) is 59.5 Å². The number of aryl methyl sites for hydroxylation is 1. The van der Waals surface area contributed by atoms with Gasteiger partial charge in [0.1, 0.15) is 5.75 Å². The zero-order valence-corrected chi connectivity index (χ0v) is 32.5. The van der Waals surface area contributed by atoms with Gasteiger partial charge in [0.25, 0.3) is 5.91 Å². The highest BCUT2D eigenvalue weighted by Gasteiger charge is 2.51. The second-order valence-corrected chi connectivity index (χ2v) is 19.9. The minimum absolute atomic E-state index is 0.0666. The zero-order chi connectivity index (χ0) is 35.6. The van der Waals surface area contributed by atoms with Crippen LogP contribution in [0, 0.1) is 23.2 Å². The van der Waals surface area contributed by atoms with E-state index in [0.29, 0.717) is 24.0 Å². The Labute approximate surface area is 305 Å². The maximum Gasteiger partial charge on any atom is 0.264 e. The van der Waals surface area contributed by atoms with Crippen molar-refractivity contribution in [2.24, 2.45) is 23.2 Å². The molecule has 274 valence electrons. The quantitative estimate of drug-likeness (QED) is 0.375. The largest absolute Gasteiger partial charge is 0.490 e. The average Bonchev–Trinajstić information content (AvgIpc) is 3.18. The molecule has 1 unspecified atom stereocenters. The summed E-state index contributed by atoms with van der Waals surface area (Å²) in [7, 11) is 0.501. The lowest BCUT2D eigenvalue weighted by atomic mass is 9.55. The second-order valence-electron chi connectivity index (χ2n) is 17.5. The number of carbonyl (C=O) groups is 1. The van der Waals surface area contributed by atoms with Crippen LogP contribution >= 0.6 is 11.6 Å². The lowest BCUT2D eigenvalue weighted by molar-refractivity contribution is -0.0587. The number of carbonyl (C=O) groups excluding carboxylic acids is 1. The number of hydrogen-bond acceptors (Lipinski definition) is 7. The summed E-state index contributed by atoms with van der Waals surface area (Å²) in [5.41, 5.74) is 3.93. The van der Waals surface area contributed by atoms with Gasteiger partial charge < -0.3 is 14.5 Å². The Kier molecular flexibility index (Phi) is 9.56. The fourth-order valence-corrected chi connectivity index (χ4v) is 11.6. The maximum absolute atomic E-state index is 13.6. The third-order valence-corrected chi connectivity index (χ3v) is 16.0. The van der Waals surface area contributed by atoms with E-state index in [9.17, 15) is 13.2 Å². The number of likely N-dealkylation sites (N-methyl/N-ethyl adjacent to an activating group) is 1. The molecule has 1 amide bonds. The highest BCUT2D eigenvalue weighted by Crippen LogP contribution is 2.54. The van der Waals surface area contributed by atoms with E-state index in [1.165, 1.54) is 24.0 Å². The number of fused-ring (bicyclic) bond motifs is 4. The van der Waals surface area contributed by atoms with Crippen molar-refractivity contribution in [2.45, 2.75) is 95.3 Å². The minimum atomic E-state index is -3.87. The Morgan fingerprint density at radius 3 is 2.48 bits per heavy atom. The van der Waals surface area contributed by atoms with Gasteiger partial charge in [0.05, 0.1) is 17.5 Å². The molecule has 2 fully saturated rings. The van der Waals surface area contributed by atoms with Crippen molar-refractivity contribution in [2.75, 3.05) is 58.3 Å². The monoisotopic (exact) mass is 724 g/mol. The van der Waals surface area contributed by atoms with Crippen LogP contribution in [0.2, 0.25) is 5.02 Å². The Balaban J connectivity index is 1.27. The number of rotatable bonds is 3. The molecule has 10 heteroatoms. The number of hydrogen-bond donors (Lipinski definition) is 1. The number of amides is 1. The van der Waals surface area contributed by atoms with Gasteiger partial charge in [-0.3, -0.25) is 9.69 Å². The molecule has 8 nitrogen and oxygen atoms in total. The molecule has 3 aliphatic heterocycles. The molecule has 2 aliphatic carbocycles. The third kappa shape index (κ3) is 6.58. The van der Waals surface area contributed by atoms with Gasteiger partial charge in [0.2, 0.25) is 10.0 Å². The first-order chi connectivity index (χ1) is 23.6. The predicted octanol–water partition coefficient (Wildman–Crippen LogP) is 6.75. The first-order valence-electron chi connectivity index (χ1n) is 18.9. The van der Waals surface area contributed by atoms with Gasteiger partial charge in [0, 0.05) is 54.3 Å². The summed E-state index contributed by atoms with van der Waals surface area (Å²) in [4.78, 5) is 21.1. The molecular weight excluding hydrogens is 668 g/mol. The Hall–Kier alpha value is -2.33. The van der Waals surface area contributed by atoms with Crippen molar-refractivity contribution < 1.29 is 17.9 Å². The standard InChI is InChI=1S/C40H57ClN4O4S/c1-27-9-7-10-31(21-44-23-39(4,24-44)43(5)6)33-16-18-38(33,3)22-45-25-40(17-8-11-29-19-32(41)13-14-34(29)40)26-49-36-15-12-30(20-35(36)45)37(46)42-50(47,48)28(27)2/h12-15,19-20,27-28,31,33H,7-11,16-18,21-26H2,1-6H3,(H,42,46)/t27-,28+,31-,33-,38?,40-/m0/s1. The van der Waals surface area contributed by atoms with Gasteiger partial charge in [-0.2, -0.15) is 0 Å². The summed E-state index contributed by atoms with van der Waals surface area (Å²) in [5.74, 6) is 1.20. The number of nitrogens with one attached hydrogen (secondary N) is 1. The van der Waals surface area contributed by atoms with Crippen LogP contribution in [0.1, 0.15) is 94.1 Å². The molecule has 2 aromatic carbocycles. The number of likely N-dealkylation sites (tertiary alicyclic amines) is 1. The molecule has 7 rings (SSSR count). The van der Waals surface area contributed by atoms with Gasteiger partial charge in [-0.25, -0.2) is 13.1 Å². The number of ether oxygens (including phenoxy) is 1. The molecule has 1 N–H and O–H groups in total. The summed E-state index contributed by atoms with van der Waals surface area (Å²) in [6, 6.07) is 11.8. The third-order valence-electron chi connectivity index (χ3n) is 13.8. The molecule has 2 aromatic rings. The molecule has 1 saturated carbocycles. The van der Waals surface area contributed by atoms with E-state index in [4.69, 9.17) is 16.3 Å². The molecule has 2 bridgehead atoms. The molecular formula is C40H57ClN4O4S. The zero-order valence-electron chi connectivity index (χ0n) is 30.9. The highest BCUT2D eigenvalue weighted by molar-refractivity contribution is 7.90. The van der Waals surface area contributed by atoms with E-state index < -0.39 is 21.2 Å². The van der Waals surface area contributed by atoms with Gasteiger partial charge in [0.15, 0.2) is 0 Å². The minimum Gasteiger partial charge on any atom is -0.490 e. The van der Waals surface area contributed by atoms with Crippen LogP contribution in [0.3, 0.4) is 0 Å². The topological polar surface area (TPSA) is 82.2 Å². The SMILES string of the molecule is C[C@@H]1[C@@H](C)CCC[C@@H](CN2CC(C)(N(C)C)C2)[C@@H]2CCC2(C)CN2C[C@@]3(CCCc4cc(Cl)ccc43)COc3ccc(cc32)C(=O)NS1(=O)=O. The Morgan fingerprint density at radius 1 is 0.980 bits per heavy atom. The first kappa shape index (κ1) is 36.0. The van der Waals surface area contributed by atoms with Crippen LogP contribution in [0.15, 0.2) is 36.4 Å². The lowest BCUT2D eigenvalue weighted by Gasteiger charge is -2.57. The molecule has 1 saturated heterocycles. The van der Waals surface area contributed by atoms with E-state index in [0.717, 1.165) is 87.7 Å². The molecule has 5 aliphatic rings. The van der Waals surface area contributed by atoms with Crippen LogP contribution < -0.4 is 14.4 Å². The van der Waals surface area contributed by atoms with Gasteiger partial charge in [-0.05, 0) is 138 Å². The van der Waals surface area contributed by atoms with Crippen molar-refractivity contribution in [3.05, 3.63) is 58.1 Å². The second kappa shape index (κ2) is 13.3. The van der Waals surface area contributed by atoms with E-state index >= 15 is 0 Å². The number of benzene rings is 2. The Morgan fingerprint density at radius 2 is 1.76 bits per heavy atom. The summed E-state index contributed by atoms with van der Waals surface area (Å²) >= 11 is 6.50. The van der Waals surface area contributed by atoms with E-state index in [1.54, 1.807) is 13.0 Å². The molecule has 0 aromatic heterocycles. The number of nitrogens with zero attached hydrogens (tertiary/aromatic N) is 3. The normalized spacial score (nSPS) is 34.0. The van der Waals surface area contributed by atoms with Gasteiger partial charge >= 0.3 is 0 Å². The predicted molar refractivity (Wildman–Crippen MR) is 202 cm³/mol. The van der Waals surface area contributed by atoms with Crippen LogP contribution in [-0.4, -0.2) is 88.3 Å². The van der Waals surface area contributed by atoms with Crippen molar-refractivity contribution in [1.82, 2.24) is 14.5 Å². The number of sulfonamides is 1. The van der Waals surface area contributed by atoms with E-state index in [1.807, 2.05) is 25.1 Å². The van der Waals surface area contributed by atoms with Crippen LogP contribution in [-0.2, 0) is 21.9 Å². The first-order valence-corrected chi connectivity index (χ1v) is 20.8. The van der Waals surface area contributed by atoms with Crippen molar-refractivity contribution in [1.29, 1.82) is 0 Å². The van der Waals surface area contributed by atoms with Crippen molar-refractivity contribution in [3.8, 4) is 5.75 Å². The van der Waals surface area contributed by atoms with E-state index in [-0.39, 0.29) is 22.3 Å². The number of anilines is 1. The smallest absolute Gasteiger partial charge is 0.264 e. The van der Waals surface area contributed by atoms with Crippen LogP contribution in [0.5, 0.6) is 5.75 Å². The fraction of sp³-hybridized carbons (Fsp3) is 0.675.